The summed E-state index contributed by atoms with van der Waals surface area (Å²) < 4.78 is 44.3. The standard InChI is InChI=1S/C21H17Cl2F3N6O2/c22-12-5-4-11(10-6-7-32-15(8-10)30-20(27)31-32)17(24)16(12)19(34)28-9-21(25,26)18(33)13-2-1-3-14(23)29-13/h1-8,18,20,31,33H,9,27H2,(H,28,34). The van der Waals surface area contributed by atoms with Crippen molar-refractivity contribution in [2.24, 2.45) is 10.7 Å². The van der Waals surface area contributed by atoms with Crippen LogP contribution in [0.5, 0.6) is 0 Å². The third kappa shape index (κ3) is 4.79. The Morgan fingerprint density at radius 1 is 1.32 bits per heavy atom. The molecule has 34 heavy (non-hydrogen) atoms. The van der Waals surface area contributed by atoms with Crippen molar-refractivity contribution in [2.45, 2.75) is 18.3 Å². The van der Waals surface area contributed by atoms with E-state index in [1.165, 1.54) is 35.4 Å². The van der Waals surface area contributed by atoms with E-state index < -0.39 is 42.1 Å². The number of aromatic nitrogens is 1. The Morgan fingerprint density at radius 3 is 2.82 bits per heavy atom. The second-order valence-electron chi connectivity index (χ2n) is 7.36. The number of amidine groups is 1. The summed E-state index contributed by atoms with van der Waals surface area (Å²) in [7, 11) is 0. The molecule has 0 bridgehead atoms. The first kappa shape index (κ1) is 24.2. The number of fused-ring (bicyclic) bond motifs is 1. The topological polar surface area (TPSA) is 116 Å². The van der Waals surface area contributed by atoms with Gasteiger partial charge in [-0.1, -0.05) is 29.3 Å². The van der Waals surface area contributed by atoms with Gasteiger partial charge in [-0.15, -0.1) is 0 Å². The number of aliphatic hydroxyl groups is 1. The number of hydrogen-bond donors (Lipinski definition) is 4. The van der Waals surface area contributed by atoms with Crippen LogP contribution in [0.4, 0.5) is 13.2 Å². The van der Waals surface area contributed by atoms with E-state index >= 15 is 4.39 Å². The number of nitrogens with one attached hydrogen (secondary N) is 2. The molecular weight excluding hydrogens is 496 g/mol. The third-order valence-electron chi connectivity index (χ3n) is 5.01. The maximum absolute atomic E-state index is 15.3. The lowest BCUT2D eigenvalue weighted by molar-refractivity contribution is -0.108. The highest BCUT2D eigenvalue weighted by Gasteiger charge is 2.41. The number of aliphatic imine (C=N–C) groups is 1. The second-order valence-corrected chi connectivity index (χ2v) is 8.16. The van der Waals surface area contributed by atoms with Gasteiger partial charge in [0.2, 0.25) is 0 Å². The Morgan fingerprint density at radius 2 is 2.09 bits per heavy atom. The molecule has 0 fully saturated rings. The van der Waals surface area contributed by atoms with Gasteiger partial charge in [0.1, 0.15) is 16.8 Å². The molecular formula is C21H17Cl2F3N6O2. The van der Waals surface area contributed by atoms with Crippen molar-refractivity contribution >= 4 is 40.5 Å². The summed E-state index contributed by atoms with van der Waals surface area (Å²) in [6.07, 6.45) is 1.65. The van der Waals surface area contributed by atoms with E-state index in [0.717, 1.165) is 6.07 Å². The average molecular weight is 513 g/mol. The molecule has 2 aliphatic heterocycles. The number of benzene rings is 1. The number of carbonyl (C=O) groups excluding carboxylic acids is 1. The lowest BCUT2D eigenvalue weighted by Gasteiger charge is -2.23. The third-order valence-corrected chi connectivity index (χ3v) is 5.53. The summed E-state index contributed by atoms with van der Waals surface area (Å²) >= 11 is 11.7. The number of aliphatic hydroxyl groups excluding tert-OH is 1. The summed E-state index contributed by atoms with van der Waals surface area (Å²) in [5.74, 6) is -5.60. The maximum Gasteiger partial charge on any atom is 0.295 e. The lowest BCUT2D eigenvalue weighted by atomic mass is 9.99. The van der Waals surface area contributed by atoms with Gasteiger partial charge in [0.25, 0.3) is 11.8 Å². The fourth-order valence-corrected chi connectivity index (χ4v) is 3.74. The van der Waals surface area contributed by atoms with Gasteiger partial charge in [-0.3, -0.25) is 15.5 Å². The number of amides is 1. The number of halogens is 5. The zero-order valence-corrected chi connectivity index (χ0v) is 18.7. The van der Waals surface area contributed by atoms with Crippen LogP contribution in [0.15, 0.2) is 53.7 Å². The smallest absolute Gasteiger partial charge is 0.295 e. The van der Waals surface area contributed by atoms with Gasteiger partial charge in [-0.25, -0.2) is 23.1 Å². The van der Waals surface area contributed by atoms with E-state index in [1.807, 2.05) is 5.32 Å². The highest BCUT2D eigenvalue weighted by atomic mass is 35.5. The number of hydrazine groups is 1. The van der Waals surface area contributed by atoms with Crippen LogP contribution in [-0.4, -0.2) is 45.6 Å². The molecule has 1 aromatic carbocycles. The number of rotatable bonds is 6. The molecule has 1 aromatic heterocycles. The van der Waals surface area contributed by atoms with Crippen molar-refractivity contribution in [3.8, 4) is 0 Å². The van der Waals surface area contributed by atoms with Crippen LogP contribution >= 0.6 is 23.2 Å². The maximum atomic E-state index is 15.3. The highest BCUT2D eigenvalue weighted by molar-refractivity contribution is 6.34. The molecule has 5 N–H and O–H groups in total. The van der Waals surface area contributed by atoms with Crippen LogP contribution in [0.3, 0.4) is 0 Å². The number of alkyl halides is 2. The Balaban J connectivity index is 1.54. The molecule has 0 saturated heterocycles. The Hall–Kier alpha value is -2.96. The minimum atomic E-state index is -3.83. The normalized spacial score (nSPS) is 18.3. The Labute approximate surface area is 201 Å². The number of nitrogens with zero attached hydrogens (tertiary/aromatic N) is 3. The Bertz CT molecular complexity index is 1240. The summed E-state index contributed by atoms with van der Waals surface area (Å²) in [4.78, 5) is 20.4. The van der Waals surface area contributed by atoms with Gasteiger partial charge in [0.05, 0.1) is 22.8 Å². The molecule has 178 valence electrons. The van der Waals surface area contributed by atoms with Crippen LogP contribution in [-0.2, 0) is 0 Å². The van der Waals surface area contributed by atoms with Crippen LogP contribution in [0.2, 0.25) is 10.2 Å². The van der Waals surface area contributed by atoms with Crippen molar-refractivity contribution in [2.75, 3.05) is 6.54 Å². The number of pyridine rings is 1. The van der Waals surface area contributed by atoms with Crippen LogP contribution < -0.4 is 16.5 Å². The molecule has 2 unspecified atom stereocenters. The molecule has 0 aliphatic carbocycles. The number of allylic oxidation sites excluding steroid dienone is 2. The van der Waals surface area contributed by atoms with Crippen molar-refractivity contribution < 1.29 is 23.1 Å². The molecule has 1 amide bonds. The van der Waals surface area contributed by atoms with Crippen LogP contribution in [0.1, 0.15) is 27.7 Å². The van der Waals surface area contributed by atoms with E-state index in [1.54, 1.807) is 12.3 Å². The zero-order chi connectivity index (χ0) is 24.6. The van der Waals surface area contributed by atoms with E-state index in [2.05, 4.69) is 15.4 Å². The lowest BCUT2D eigenvalue weighted by Crippen LogP contribution is -2.41. The molecule has 2 aliphatic rings. The van der Waals surface area contributed by atoms with Crippen molar-refractivity contribution in [1.29, 1.82) is 0 Å². The molecule has 8 nitrogen and oxygen atoms in total. The monoisotopic (exact) mass is 512 g/mol. The summed E-state index contributed by atoms with van der Waals surface area (Å²) in [6.45, 7) is -1.31. The van der Waals surface area contributed by atoms with Crippen molar-refractivity contribution in [3.63, 3.8) is 0 Å². The number of nitrogens with two attached hydrogens (primary N) is 1. The molecule has 13 heteroatoms. The number of carbonyl (C=O) groups is 1. The molecule has 2 aromatic rings. The summed E-state index contributed by atoms with van der Waals surface area (Å²) in [6, 6.07) is 6.49. The van der Waals surface area contributed by atoms with Gasteiger partial charge < -0.3 is 10.4 Å². The number of hydrogen-bond acceptors (Lipinski definition) is 7. The summed E-state index contributed by atoms with van der Waals surface area (Å²) in [5.41, 5.74) is 7.88. The van der Waals surface area contributed by atoms with Gasteiger partial charge >= 0.3 is 0 Å². The quantitative estimate of drug-likeness (QED) is 0.442. The van der Waals surface area contributed by atoms with Gasteiger partial charge in [-0.05, 0) is 42.0 Å². The molecule has 0 saturated carbocycles. The minimum absolute atomic E-state index is 0.00328. The second kappa shape index (κ2) is 9.35. The van der Waals surface area contributed by atoms with Gasteiger partial charge in [0, 0.05) is 11.8 Å². The molecule has 4 rings (SSSR count). The first-order chi connectivity index (χ1) is 16.1. The summed E-state index contributed by atoms with van der Waals surface area (Å²) in [5, 5.41) is 13.1. The minimum Gasteiger partial charge on any atom is -0.380 e. The fourth-order valence-electron chi connectivity index (χ4n) is 3.34. The molecule has 3 heterocycles. The Kier molecular flexibility index (Phi) is 6.65. The molecule has 0 spiro atoms. The van der Waals surface area contributed by atoms with Crippen molar-refractivity contribution in [1.82, 2.24) is 20.7 Å². The first-order valence-electron chi connectivity index (χ1n) is 9.80. The highest BCUT2D eigenvalue weighted by Crippen LogP contribution is 2.32. The van der Waals surface area contributed by atoms with Crippen molar-refractivity contribution in [3.05, 3.63) is 81.5 Å². The first-order valence-corrected chi connectivity index (χ1v) is 10.6. The predicted molar refractivity (Wildman–Crippen MR) is 120 cm³/mol. The van der Waals surface area contributed by atoms with E-state index in [0.29, 0.717) is 11.4 Å². The SMILES string of the molecule is NC1N=C2C=C(c3ccc(Cl)c(C(=O)NCC(F)(F)C(O)c4cccc(Cl)n4)c3F)C=CN2N1. The zero-order valence-electron chi connectivity index (χ0n) is 17.1. The fraction of sp³-hybridized carbons (Fsp3) is 0.190. The van der Waals surface area contributed by atoms with E-state index in [9.17, 15) is 18.7 Å². The van der Waals surface area contributed by atoms with E-state index in [4.69, 9.17) is 28.9 Å². The van der Waals surface area contributed by atoms with E-state index in [-0.39, 0.29) is 21.4 Å². The largest absolute Gasteiger partial charge is 0.380 e. The van der Waals surface area contributed by atoms with Gasteiger partial charge in [-0.2, -0.15) is 5.43 Å². The molecule has 0 radical (unpaired) electrons. The van der Waals surface area contributed by atoms with Crippen LogP contribution in [0.25, 0.3) is 5.57 Å². The predicted octanol–water partition coefficient (Wildman–Crippen LogP) is 3.00. The van der Waals surface area contributed by atoms with Crippen LogP contribution in [0, 0.1) is 5.82 Å². The molecule has 2 atom stereocenters. The average Bonchev–Trinajstić information content (AvgIpc) is 3.16. The van der Waals surface area contributed by atoms with Gasteiger partial charge in [0.15, 0.2) is 12.4 Å².